The lowest BCUT2D eigenvalue weighted by molar-refractivity contribution is 0.108. The largest absolute Gasteiger partial charge is 0.476 e. The Morgan fingerprint density at radius 2 is 2.08 bits per heavy atom. The highest BCUT2D eigenvalue weighted by Crippen LogP contribution is 2.33. The molecule has 0 amide bonds. The molecule has 0 N–H and O–H groups in total. The molecule has 1 saturated heterocycles. The van der Waals surface area contributed by atoms with Crippen LogP contribution >= 0.6 is 11.6 Å². The molecule has 0 saturated carbocycles. The molecule has 2 heterocycles. The highest BCUT2D eigenvalue weighted by Gasteiger charge is 2.18. The van der Waals surface area contributed by atoms with Crippen LogP contribution in [0.2, 0.25) is 0 Å². The molecule has 3 rings (SSSR count). The van der Waals surface area contributed by atoms with E-state index in [1.54, 1.807) is 12.3 Å². The predicted octanol–water partition coefficient (Wildman–Crippen LogP) is 3.67. The molecule has 1 fully saturated rings. The van der Waals surface area contributed by atoms with Crippen molar-refractivity contribution in [2.75, 3.05) is 37.8 Å². The van der Waals surface area contributed by atoms with Gasteiger partial charge in [0.2, 0.25) is 5.88 Å². The second kappa shape index (κ2) is 7.85. The molecule has 5 nitrogen and oxygen atoms in total. The van der Waals surface area contributed by atoms with E-state index in [1.807, 2.05) is 26.0 Å². The summed E-state index contributed by atoms with van der Waals surface area (Å²) in [5.74, 6) is 0.621. The summed E-state index contributed by atoms with van der Waals surface area (Å²) in [7, 11) is 0. The second-order valence-corrected chi connectivity index (χ2v) is 6.23. The van der Waals surface area contributed by atoms with E-state index in [0.29, 0.717) is 31.3 Å². The van der Waals surface area contributed by atoms with Crippen LogP contribution in [0.25, 0.3) is 11.1 Å². The van der Waals surface area contributed by atoms with Gasteiger partial charge in [0.05, 0.1) is 19.8 Å². The Morgan fingerprint density at radius 3 is 2.76 bits per heavy atom. The number of nitrogens with zero attached hydrogens (tertiary/aromatic N) is 2. The Balaban J connectivity index is 2.05. The molecule has 1 aliphatic rings. The number of halogens is 1. The maximum atomic E-state index is 11.5. The molecular weight excluding hydrogens is 340 g/mol. The molecule has 0 aliphatic carbocycles. The van der Waals surface area contributed by atoms with Crippen molar-refractivity contribution in [2.24, 2.45) is 0 Å². The number of anilines is 1. The number of carbonyl (C=O) groups is 1. The standard InChI is InChI=1S/C19H21ClN2O3/c1-3-25-19-17(22-6-8-24-9-7-22)11-15(12-21-19)16-10-14(18(20)23)5-4-13(16)2/h4-5,10-12H,3,6-9H2,1-2H3. The molecule has 0 atom stereocenters. The minimum absolute atomic E-state index is 0.464. The fourth-order valence-electron chi connectivity index (χ4n) is 2.92. The zero-order valence-corrected chi connectivity index (χ0v) is 15.2. The van der Waals surface area contributed by atoms with Crippen molar-refractivity contribution in [1.29, 1.82) is 0 Å². The van der Waals surface area contributed by atoms with E-state index >= 15 is 0 Å². The van der Waals surface area contributed by atoms with Crippen molar-refractivity contribution >= 4 is 22.5 Å². The first-order valence-electron chi connectivity index (χ1n) is 8.36. The third-order valence-electron chi connectivity index (χ3n) is 4.24. The molecular formula is C19H21ClN2O3. The molecule has 1 aromatic heterocycles. The topological polar surface area (TPSA) is 51.7 Å². The van der Waals surface area contributed by atoms with Crippen LogP contribution in [0, 0.1) is 6.92 Å². The predicted molar refractivity (Wildman–Crippen MR) is 98.8 cm³/mol. The Labute approximate surface area is 152 Å². The van der Waals surface area contributed by atoms with Crippen molar-refractivity contribution in [3.63, 3.8) is 0 Å². The number of aromatic nitrogens is 1. The number of pyridine rings is 1. The first-order valence-corrected chi connectivity index (χ1v) is 8.74. The average Bonchev–Trinajstić information content (AvgIpc) is 2.63. The highest BCUT2D eigenvalue weighted by molar-refractivity contribution is 6.67. The van der Waals surface area contributed by atoms with E-state index in [0.717, 1.165) is 35.5 Å². The van der Waals surface area contributed by atoms with Crippen LogP contribution in [0.3, 0.4) is 0 Å². The number of carbonyl (C=O) groups excluding carboxylic acids is 1. The summed E-state index contributed by atoms with van der Waals surface area (Å²) in [6, 6.07) is 7.51. The highest BCUT2D eigenvalue weighted by atomic mass is 35.5. The van der Waals surface area contributed by atoms with Crippen LogP contribution < -0.4 is 9.64 Å². The molecule has 1 aliphatic heterocycles. The number of ether oxygens (including phenoxy) is 2. The minimum atomic E-state index is -0.464. The number of benzene rings is 1. The minimum Gasteiger partial charge on any atom is -0.476 e. The number of aryl methyl sites for hydroxylation is 1. The molecule has 2 aromatic rings. The number of hydrogen-bond donors (Lipinski definition) is 0. The van der Waals surface area contributed by atoms with Crippen LogP contribution in [0.4, 0.5) is 5.69 Å². The third kappa shape index (κ3) is 3.94. The van der Waals surface area contributed by atoms with Gasteiger partial charge in [-0.3, -0.25) is 4.79 Å². The monoisotopic (exact) mass is 360 g/mol. The lowest BCUT2D eigenvalue weighted by atomic mass is 9.99. The van der Waals surface area contributed by atoms with E-state index in [1.165, 1.54) is 0 Å². The van der Waals surface area contributed by atoms with Crippen molar-refractivity contribution in [1.82, 2.24) is 4.98 Å². The Kier molecular flexibility index (Phi) is 5.56. The Bertz CT molecular complexity index is 773. The van der Waals surface area contributed by atoms with E-state index in [-0.39, 0.29) is 0 Å². The SMILES string of the molecule is CCOc1ncc(-c2cc(C(=O)Cl)ccc2C)cc1N1CCOCC1. The van der Waals surface area contributed by atoms with Crippen molar-refractivity contribution in [3.05, 3.63) is 41.6 Å². The summed E-state index contributed by atoms with van der Waals surface area (Å²) in [6.07, 6.45) is 1.78. The molecule has 6 heteroatoms. The summed E-state index contributed by atoms with van der Waals surface area (Å²) in [4.78, 5) is 18.2. The van der Waals surface area contributed by atoms with E-state index in [4.69, 9.17) is 21.1 Å². The molecule has 0 bridgehead atoms. The van der Waals surface area contributed by atoms with Crippen LogP contribution in [-0.4, -0.2) is 43.1 Å². The summed E-state index contributed by atoms with van der Waals surface area (Å²) in [5, 5.41) is -0.464. The van der Waals surface area contributed by atoms with Crippen LogP contribution in [-0.2, 0) is 4.74 Å². The Hall–Kier alpha value is -2.11. The third-order valence-corrected chi connectivity index (χ3v) is 4.46. The van der Waals surface area contributed by atoms with Gasteiger partial charge in [0, 0.05) is 30.4 Å². The summed E-state index contributed by atoms with van der Waals surface area (Å²) >= 11 is 5.64. The Morgan fingerprint density at radius 1 is 1.32 bits per heavy atom. The van der Waals surface area contributed by atoms with Crippen molar-refractivity contribution in [3.8, 4) is 17.0 Å². The zero-order chi connectivity index (χ0) is 17.8. The lowest BCUT2D eigenvalue weighted by Gasteiger charge is -2.30. The molecule has 0 spiro atoms. The van der Waals surface area contributed by atoms with Gasteiger partial charge in [0.1, 0.15) is 5.69 Å². The fraction of sp³-hybridized carbons (Fsp3) is 0.368. The molecule has 0 unspecified atom stereocenters. The lowest BCUT2D eigenvalue weighted by Crippen LogP contribution is -2.36. The fourth-order valence-corrected chi connectivity index (χ4v) is 3.04. The summed E-state index contributed by atoms with van der Waals surface area (Å²) in [6.45, 7) is 7.46. The van der Waals surface area contributed by atoms with Crippen molar-refractivity contribution < 1.29 is 14.3 Å². The molecule has 0 radical (unpaired) electrons. The van der Waals surface area contributed by atoms with E-state index in [2.05, 4.69) is 16.0 Å². The van der Waals surface area contributed by atoms with Gasteiger partial charge < -0.3 is 14.4 Å². The van der Waals surface area contributed by atoms with Crippen molar-refractivity contribution in [2.45, 2.75) is 13.8 Å². The first-order chi connectivity index (χ1) is 12.1. The van der Waals surface area contributed by atoms with Gasteiger partial charge in [-0.2, -0.15) is 0 Å². The van der Waals surface area contributed by atoms with Crippen LogP contribution in [0.15, 0.2) is 30.5 Å². The molecule has 132 valence electrons. The molecule has 1 aromatic carbocycles. The summed E-state index contributed by atoms with van der Waals surface area (Å²) in [5.41, 5.74) is 4.35. The number of rotatable bonds is 5. The van der Waals surface area contributed by atoms with Gasteiger partial charge >= 0.3 is 0 Å². The van der Waals surface area contributed by atoms with Gasteiger partial charge in [-0.05, 0) is 54.8 Å². The van der Waals surface area contributed by atoms with E-state index in [9.17, 15) is 4.79 Å². The smallest absolute Gasteiger partial charge is 0.252 e. The van der Waals surface area contributed by atoms with Gasteiger partial charge in [-0.15, -0.1) is 0 Å². The normalized spacial score (nSPS) is 14.4. The molecule has 25 heavy (non-hydrogen) atoms. The quantitative estimate of drug-likeness (QED) is 0.761. The van der Waals surface area contributed by atoms with Gasteiger partial charge in [0.25, 0.3) is 5.24 Å². The maximum Gasteiger partial charge on any atom is 0.252 e. The van der Waals surface area contributed by atoms with Gasteiger partial charge in [-0.25, -0.2) is 4.98 Å². The zero-order valence-electron chi connectivity index (χ0n) is 14.4. The number of hydrogen-bond acceptors (Lipinski definition) is 5. The first kappa shape index (κ1) is 17.7. The van der Waals surface area contributed by atoms with Gasteiger partial charge in [-0.1, -0.05) is 6.07 Å². The van der Waals surface area contributed by atoms with Crippen LogP contribution in [0.1, 0.15) is 22.8 Å². The number of morpholine rings is 1. The van der Waals surface area contributed by atoms with Crippen LogP contribution in [0.5, 0.6) is 5.88 Å². The second-order valence-electron chi connectivity index (χ2n) is 5.88. The average molecular weight is 361 g/mol. The van der Waals surface area contributed by atoms with Gasteiger partial charge in [0.15, 0.2) is 0 Å². The maximum absolute atomic E-state index is 11.5. The summed E-state index contributed by atoms with van der Waals surface area (Å²) < 4.78 is 11.1. The van der Waals surface area contributed by atoms with E-state index < -0.39 is 5.24 Å².